The topological polar surface area (TPSA) is 29.3 Å². The van der Waals surface area contributed by atoms with Gasteiger partial charge in [0.05, 0.1) is 0 Å². The van der Waals surface area contributed by atoms with Crippen LogP contribution in [0.1, 0.15) is 36.5 Å². The Bertz CT molecular complexity index is 429. The highest BCUT2D eigenvalue weighted by molar-refractivity contribution is 5.59. The van der Waals surface area contributed by atoms with Crippen LogP contribution in [0.15, 0.2) is 12.1 Å². The third-order valence-electron chi connectivity index (χ3n) is 4.36. The van der Waals surface area contributed by atoms with Gasteiger partial charge in [0.1, 0.15) is 0 Å². The maximum atomic E-state index is 6.17. The third kappa shape index (κ3) is 1.95. The van der Waals surface area contributed by atoms with Gasteiger partial charge in [-0.15, -0.1) is 0 Å². The van der Waals surface area contributed by atoms with Gasteiger partial charge in [-0.3, -0.25) is 0 Å². The zero-order valence-corrected chi connectivity index (χ0v) is 11.7. The maximum Gasteiger partial charge on any atom is 0.0396 e. The standard InChI is InChI=1S/C15H24N2/c1-10-8-13(15(6-7-15)12(3)16)9-14(11(10)2)17(4)5/h8-9,12H,6-7,16H2,1-5H3. The number of rotatable bonds is 3. The van der Waals surface area contributed by atoms with E-state index in [0.29, 0.717) is 0 Å². The third-order valence-corrected chi connectivity index (χ3v) is 4.36. The van der Waals surface area contributed by atoms with Gasteiger partial charge in [0, 0.05) is 31.2 Å². The highest BCUT2D eigenvalue weighted by atomic mass is 15.1. The number of nitrogens with two attached hydrogens (primary N) is 1. The molecular weight excluding hydrogens is 208 g/mol. The Morgan fingerprint density at radius 1 is 1.24 bits per heavy atom. The minimum Gasteiger partial charge on any atom is -0.377 e. The predicted molar refractivity (Wildman–Crippen MR) is 74.8 cm³/mol. The summed E-state index contributed by atoms with van der Waals surface area (Å²) in [5, 5.41) is 0. The molecule has 0 aromatic heterocycles. The van der Waals surface area contributed by atoms with E-state index in [1.54, 1.807) is 0 Å². The summed E-state index contributed by atoms with van der Waals surface area (Å²) in [6.45, 7) is 6.53. The van der Waals surface area contributed by atoms with E-state index < -0.39 is 0 Å². The lowest BCUT2D eigenvalue weighted by Gasteiger charge is -2.25. The first-order valence-electron chi connectivity index (χ1n) is 6.43. The number of hydrogen-bond donors (Lipinski definition) is 1. The molecule has 1 aromatic rings. The molecule has 0 saturated heterocycles. The van der Waals surface area contributed by atoms with Crippen molar-refractivity contribution in [3.8, 4) is 0 Å². The molecule has 1 unspecified atom stereocenters. The van der Waals surface area contributed by atoms with Crippen molar-refractivity contribution >= 4 is 5.69 Å². The van der Waals surface area contributed by atoms with E-state index in [-0.39, 0.29) is 11.5 Å². The van der Waals surface area contributed by atoms with Crippen LogP contribution in [0.4, 0.5) is 5.69 Å². The van der Waals surface area contributed by atoms with Gasteiger partial charge < -0.3 is 10.6 Å². The molecule has 0 heterocycles. The van der Waals surface area contributed by atoms with Gasteiger partial charge in [-0.05, 0) is 56.4 Å². The molecule has 0 aliphatic heterocycles. The van der Waals surface area contributed by atoms with Crippen LogP contribution in [-0.4, -0.2) is 20.1 Å². The Balaban J connectivity index is 2.50. The Morgan fingerprint density at radius 2 is 1.82 bits per heavy atom. The van der Waals surface area contributed by atoms with Gasteiger partial charge in [-0.1, -0.05) is 6.07 Å². The van der Waals surface area contributed by atoms with Crippen LogP contribution >= 0.6 is 0 Å². The lowest BCUT2D eigenvalue weighted by atomic mass is 9.87. The average molecular weight is 232 g/mol. The zero-order chi connectivity index (χ0) is 12.8. The van der Waals surface area contributed by atoms with E-state index in [2.05, 4.69) is 51.9 Å². The van der Waals surface area contributed by atoms with E-state index in [4.69, 9.17) is 5.73 Å². The normalized spacial score (nSPS) is 18.9. The Labute approximate surface area is 105 Å². The summed E-state index contributed by atoms with van der Waals surface area (Å²) in [6, 6.07) is 4.91. The molecule has 1 aliphatic rings. The van der Waals surface area contributed by atoms with Crippen LogP contribution in [0.25, 0.3) is 0 Å². The van der Waals surface area contributed by atoms with E-state index in [0.717, 1.165) is 0 Å². The summed E-state index contributed by atoms with van der Waals surface area (Å²) >= 11 is 0. The fourth-order valence-electron chi connectivity index (χ4n) is 2.73. The quantitative estimate of drug-likeness (QED) is 0.868. The lowest BCUT2D eigenvalue weighted by molar-refractivity contribution is 0.556. The first-order chi connectivity index (χ1) is 7.88. The molecule has 2 heteroatoms. The average Bonchev–Trinajstić information content (AvgIpc) is 3.02. The van der Waals surface area contributed by atoms with E-state index in [1.165, 1.54) is 35.2 Å². The molecule has 1 aliphatic carbocycles. The van der Waals surface area contributed by atoms with Gasteiger partial charge in [0.2, 0.25) is 0 Å². The van der Waals surface area contributed by atoms with Crippen LogP contribution in [0.2, 0.25) is 0 Å². The molecule has 1 aromatic carbocycles. The maximum absolute atomic E-state index is 6.17. The van der Waals surface area contributed by atoms with E-state index in [1.807, 2.05) is 0 Å². The van der Waals surface area contributed by atoms with Crippen LogP contribution in [0, 0.1) is 13.8 Å². The number of nitrogens with zero attached hydrogens (tertiary/aromatic N) is 1. The molecule has 1 saturated carbocycles. The van der Waals surface area contributed by atoms with Crippen molar-refractivity contribution in [2.45, 2.75) is 45.1 Å². The number of aryl methyl sites for hydroxylation is 1. The zero-order valence-electron chi connectivity index (χ0n) is 11.7. The SMILES string of the molecule is Cc1cc(C2(C(C)N)CC2)cc(N(C)C)c1C. The summed E-state index contributed by atoms with van der Waals surface area (Å²) in [5.74, 6) is 0. The van der Waals surface area contributed by atoms with Crippen LogP contribution in [-0.2, 0) is 5.41 Å². The van der Waals surface area contributed by atoms with E-state index in [9.17, 15) is 0 Å². The first kappa shape index (κ1) is 12.4. The summed E-state index contributed by atoms with van der Waals surface area (Å²) in [5.41, 5.74) is 11.9. The van der Waals surface area contributed by atoms with Crippen molar-refractivity contribution in [3.05, 3.63) is 28.8 Å². The Morgan fingerprint density at radius 3 is 2.24 bits per heavy atom. The highest BCUT2D eigenvalue weighted by Crippen LogP contribution is 2.51. The second-order valence-electron chi connectivity index (χ2n) is 5.78. The second kappa shape index (κ2) is 4.02. The second-order valence-corrected chi connectivity index (χ2v) is 5.78. The van der Waals surface area contributed by atoms with Crippen LogP contribution in [0.3, 0.4) is 0 Å². The summed E-state index contributed by atoms with van der Waals surface area (Å²) in [4.78, 5) is 2.20. The smallest absolute Gasteiger partial charge is 0.0396 e. The minimum absolute atomic E-state index is 0.250. The van der Waals surface area contributed by atoms with Crippen LogP contribution in [0.5, 0.6) is 0 Å². The van der Waals surface area contributed by atoms with Gasteiger partial charge in [0.15, 0.2) is 0 Å². The van der Waals surface area contributed by atoms with Crippen molar-refractivity contribution in [1.29, 1.82) is 0 Å². The number of anilines is 1. The molecule has 2 N–H and O–H groups in total. The fourth-order valence-corrected chi connectivity index (χ4v) is 2.73. The first-order valence-corrected chi connectivity index (χ1v) is 6.43. The molecule has 1 fully saturated rings. The molecule has 17 heavy (non-hydrogen) atoms. The molecule has 2 rings (SSSR count). The van der Waals surface area contributed by atoms with Gasteiger partial charge in [0.25, 0.3) is 0 Å². The summed E-state index contributed by atoms with van der Waals surface area (Å²) in [6.07, 6.45) is 2.47. The predicted octanol–water partition coefficient (Wildman–Crippen LogP) is 2.75. The van der Waals surface area contributed by atoms with Gasteiger partial charge in [-0.25, -0.2) is 0 Å². The molecule has 94 valence electrons. The minimum atomic E-state index is 0.250. The van der Waals surface area contributed by atoms with Crippen molar-refractivity contribution in [2.24, 2.45) is 5.73 Å². The molecule has 0 bridgehead atoms. The Kier molecular flexibility index (Phi) is 2.94. The van der Waals surface area contributed by atoms with E-state index >= 15 is 0 Å². The number of benzene rings is 1. The number of hydrogen-bond acceptors (Lipinski definition) is 2. The molecule has 1 atom stereocenters. The molecule has 0 radical (unpaired) electrons. The monoisotopic (exact) mass is 232 g/mol. The fraction of sp³-hybridized carbons (Fsp3) is 0.600. The van der Waals surface area contributed by atoms with Gasteiger partial charge >= 0.3 is 0 Å². The summed E-state index contributed by atoms with van der Waals surface area (Å²) in [7, 11) is 4.22. The van der Waals surface area contributed by atoms with Crippen molar-refractivity contribution in [3.63, 3.8) is 0 Å². The largest absolute Gasteiger partial charge is 0.377 e. The van der Waals surface area contributed by atoms with Gasteiger partial charge in [-0.2, -0.15) is 0 Å². The van der Waals surface area contributed by atoms with Crippen molar-refractivity contribution in [2.75, 3.05) is 19.0 Å². The molecule has 0 amide bonds. The van der Waals surface area contributed by atoms with Crippen LogP contribution < -0.4 is 10.6 Å². The molecule has 2 nitrogen and oxygen atoms in total. The molecule has 0 spiro atoms. The molecular formula is C15H24N2. The Hall–Kier alpha value is -1.02. The summed E-state index contributed by atoms with van der Waals surface area (Å²) < 4.78 is 0. The highest BCUT2D eigenvalue weighted by Gasteiger charge is 2.47. The van der Waals surface area contributed by atoms with Crippen molar-refractivity contribution < 1.29 is 0 Å². The van der Waals surface area contributed by atoms with Crippen molar-refractivity contribution in [1.82, 2.24) is 0 Å². The lowest BCUT2D eigenvalue weighted by Crippen LogP contribution is -2.31.